The molecule has 3 heterocycles. The van der Waals surface area contributed by atoms with Gasteiger partial charge in [0.15, 0.2) is 0 Å². The minimum atomic E-state index is 0.556. The SMILES string of the molecule is c1ccc(-c2cccc(-n3c4ccccc4c4ccc5c(c6ccccc6n5C5CCCCC5)c43)n2)cc1. The Morgan fingerprint density at radius 2 is 1.29 bits per heavy atom. The lowest BCUT2D eigenvalue weighted by molar-refractivity contribution is 0.367. The van der Waals surface area contributed by atoms with Gasteiger partial charge in [-0.25, -0.2) is 4.98 Å². The van der Waals surface area contributed by atoms with Gasteiger partial charge in [-0.3, -0.25) is 4.57 Å². The zero-order chi connectivity index (χ0) is 25.1. The summed E-state index contributed by atoms with van der Waals surface area (Å²) in [6, 6.07) is 39.9. The van der Waals surface area contributed by atoms with Crippen LogP contribution < -0.4 is 0 Å². The molecular formula is C35H29N3. The Labute approximate surface area is 222 Å². The quantitative estimate of drug-likeness (QED) is 0.241. The fraction of sp³-hybridized carbons (Fsp3) is 0.171. The molecule has 0 amide bonds. The molecule has 38 heavy (non-hydrogen) atoms. The smallest absolute Gasteiger partial charge is 0.138 e. The van der Waals surface area contributed by atoms with E-state index in [0.717, 1.165) is 17.1 Å². The number of hydrogen-bond donors (Lipinski definition) is 0. The number of fused-ring (bicyclic) bond motifs is 7. The van der Waals surface area contributed by atoms with Gasteiger partial charge in [-0.1, -0.05) is 98.1 Å². The number of nitrogens with zero attached hydrogens (tertiary/aromatic N) is 3. The summed E-state index contributed by atoms with van der Waals surface area (Å²) >= 11 is 0. The summed E-state index contributed by atoms with van der Waals surface area (Å²) in [6.07, 6.45) is 6.51. The van der Waals surface area contributed by atoms with Gasteiger partial charge < -0.3 is 4.57 Å². The molecule has 0 unspecified atom stereocenters. The molecule has 3 heteroatoms. The highest BCUT2D eigenvalue weighted by Gasteiger charge is 2.24. The van der Waals surface area contributed by atoms with Crippen molar-refractivity contribution in [3.05, 3.63) is 109 Å². The average molecular weight is 492 g/mol. The lowest BCUT2D eigenvalue weighted by atomic mass is 9.95. The molecule has 0 N–H and O–H groups in total. The first kappa shape index (κ1) is 21.7. The molecule has 7 aromatic rings. The highest BCUT2D eigenvalue weighted by atomic mass is 15.1. The first-order valence-electron chi connectivity index (χ1n) is 13.9. The molecule has 1 fully saturated rings. The van der Waals surface area contributed by atoms with Crippen molar-refractivity contribution in [3.63, 3.8) is 0 Å². The molecule has 4 aromatic carbocycles. The van der Waals surface area contributed by atoms with Crippen molar-refractivity contribution in [1.82, 2.24) is 14.1 Å². The van der Waals surface area contributed by atoms with Crippen LogP contribution in [-0.2, 0) is 0 Å². The van der Waals surface area contributed by atoms with Crippen molar-refractivity contribution < 1.29 is 0 Å². The lowest BCUT2D eigenvalue weighted by Gasteiger charge is -2.25. The van der Waals surface area contributed by atoms with Gasteiger partial charge in [0, 0.05) is 38.7 Å². The van der Waals surface area contributed by atoms with E-state index < -0.39 is 0 Å². The molecule has 0 bridgehead atoms. The van der Waals surface area contributed by atoms with Crippen molar-refractivity contribution in [1.29, 1.82) is 0 Å². The third-order valence-corrected chi connectivity index (χ3v) is 8.48. The number of rotatable bonds is 3. The summed E-state index contributed by atoms with van der Waals surface area (Å²) in [5.41, 5.74) is 7.27. The van der Waals surface area contributed by atoms with Crippen molar-refractivity contribution >= 4 is 43.6 Å². The maximum atomic E-state index is 5.23. The van der Waals surface area contributed by atoms with Gasteiger partial charge >= 0.3 is 0 Å². The van der Waals surface area contributed by atoms with Gasteiger partial charge in [-0.05, 0) is 43.2 Å². The first-order valence-corrected chi connectivity index (χ1v) is 13.9. The van der Waals surface area contributed by atoms with E-state index in [4.69, 9.17) is 4.98 Å². The Morgan fingerprint density at radius 1 is 0.553 bits per heavy atom. The number of para-hydroxylation sites is 2. The first-order chi connectivity index (χ1) is 18.9. The Hall–Kier alpha value is -4.37. The second-order valence-corrected chi connectivity index (χ2v) is 10.6. The monoisotopic (exact) mass is 491 g/mol. The standard InChI is InChI=1S/C35H29N3/c1-3-12-24(13-4-1)29-18-11-21-33(36-29)38-30-19-9-7-16-26(30)27-22-23-32-34(35(27)38)28-17-8-10-20-31(28)37(32)25-14-5-2-6-15-25/h1,3-4,7-13,16-23,25H,2,5-6,14-15H2. The molecule has 184 valence electrons. The molecule has 1 saturated carbocycles. The molecular weight excluding hydrogens is 462 g/mol. The summed E-state index contributed by atoms with van der Waals surface area (Å²) in [5, 5.41) is 5.23. The van der Waals surface area contributed by atoms with Gasteiger partial charge in [0.1, 0.15) is 5.82 Å². The van der Waals surface area contributed by atoms with Crippen LogP contribution in [0.25, 0.3) is 60.7 Å². The predicted molar refractivity (Wildman–Crippen MR) is 159 cm³/mol. The highest BCUT2D eigenvalue weighted by molar-refractivity contribution is 6.25. The topological polar surface area (TPSA) is 22.8 Å². The van der Waals surface area contributed by atoms with Crippen LogP contribution in [0.4, 0.5) is 0 Å². The van der Waals surface area contributed by atoms with E-state index in [1.807, 2.05) is 0 Å². The van der Waals surface area contributed by atoms with Crippen LogP contribution in [0.2, 0.25) is 0 Å². The average Bonchev–Trinajstić information content (AvgIpc) is 3.51. The van der Waals surface area contributed by atoms with Gasteiger partial charge in [0.25, 0.3) is 0 Å². The Bertz CT molecular complexity index is 1950. The molecule has 3 nitrogen and oxygen atoms in total. The maximum absolute atomic E-state index is 5.23. The van der Waals surface area contributed by atoms with Crippen molar-refractivity contribution in [2.75, 3.05) is 0 Å². The Kier molecular flexibility index (Phi) is 4.91. The van der Waals surface area contributed by atoms with E-state index in [9.17, 15) is 0 Å². The van der Waals surface area contributed by atoms with Crippen LogP contribution >= 0.6 is 0 Å². The van der Waals surface area contributed by atoms with Gasteiger partial charge in [0.05, 0.1) is 22.2 Å². The molecule has 1 aliphatic carbocycles. The molecule has 1 aliphatic rings. The molecule has 0 radical (unpaired) electrons. The summed E-state index contributed by atoms with van der Waals surface area (Å²) in [5.74, 6) is 0.958. The molecule has 3 aromatic heterocycles. The largest absolute Gasteiger partial charge is 0.337 e. The predicted octanol–water partition coefficient (Wildman–Crippen LogP) is 9.46. The van der Waals surface area contributed by atoms with Crippen LogP contribution in [0.1, 0.15) is 38.1 Å². The fourth-order valence-electron chi connectivity index (χ4n) is 6.83. The van der Waals surface area contributed by atoms with E-state index in [-0.39, 0.29) is 0 Å². The third-order valence-electron chi connectivity index (χ3n) is 8.48. The van der Waals surface area contributed by atoms with E-state index >= 15 is 0 Å². The normalized spacial score (nSPS) is 14.7. The maximum Gasteiger partial charge on any atom is 0.138 e. The number of benzene rings is 4. The number of aromatic nitrogens is 3. The van der Waals surface area contributed by atoms with Crippen molar-refractivity contribution in [2.24, 2.45) is 0 Å². The molecule has 8 rings (SSSR count). The zero-order valence-corrected chi connectivity index (χ0v) is 21.3. The summed E-state index contributed by atoms with van der Waals surface area (Å²) < 4.78 is 5.05. The second-order valence-electron chi connectivity index (χ2n) is 10.6. The zero-order valence-electron chi connectivity index (χ0n) is 21.3. The van der Waals surface area contributed by atoms with Crippen LogP contribution in [0.15, 0.2) is 109 Å². The van der Waals surface area contributed by atoms with E-state index in [1.165, 1.54) is 75.7 Å². The van der Waals surface area contributed by atoms with Crippen LogP contribution in [0.3, 0.4) is 0 Å². The molecule has 0 saturated heterocycles. The van der Waals surface area contributed by atoms with E-state index in [2.05, 4.69) is 118 Å². The molecule has 0 aliphatic heterocycles. The van der Waals surface area contributed by atoms with Crippen molar-refractivity contribution in [3.8, 4) is 17.1 Å². The van der Waals surface area contributed by atoms with Crippen LogP contribution in [-0.4, -0.2) is 14.1 Å². The highest BCUT2D eigenvalue weighted by Crippen LogP contribution is 2.43. The Balaban J connectivity index is 1.51. The van der Waals surface area contributed by atoms with E-state index in [0.29, 0.717) is 6.04 Å². The van der Waals surface area contributed by atoms with Gasteiger partial charge in [-0.2, -0.15) is 0 Å². The summed E-state index contributed by atoms with van der Waals surface area (Å²) in [4.78, 5) is 5.23. The number of pyridine rings is 1. The van der Waals surface area contributed by atoms with Crippen LogP contribution in [0.5, 0.6) is 0 Å². The minimum absolute atomic E-state index is 0.556. The Morgan fingerprint density at radius 3 is 2.13 bits per heavy atom. The van der Waals surface area contributed by atoms with Gasteiger partial charge in [0.2, 0.25) is 0 Å². The van der Waals surface area contributed by atoms with E-state index in [1.54, 1.807) is 0 Å². The number of hydrogen-bond acceptors (Lipinski definition) is 1. The van der Waals surface area contributed by atoms with Gasteiger partial charge in [-0.15, -0.1) is 0 Å². The van der Waals surface area contributed by atoms with Crippen LogP contribution in [0, 0.1) is 0 Å². The minimum Gasteiger partial charge on any atom is -0.337 e. The summed E-state index contributed by atoms with van der Waals surface area (Å²) in [7, 11) is 0. The second kappa shape index (κ2) is 8.59. The molecule has 0 atom stereocenters. The summed E-state index contributed by atoms with van der Waals surface area (Å²) in [6.45, 7) is 0. The lowest BCUT2D eigenvalue weighted by Crippen LogP contribution is -2.12. The van der Waals surface area contributed by atoms with Crippen molar-refractivity contribution in [2.45, 2.75) is 38.1 Å². The third kappa shape index (κ3) is 3.18. The fourth-order valence-corrected chi connectivity index (χ4v) is 6.83. The molecule has 0 spiro atoms.